The number of hydrogen-bond donors (Lipinski definition) is 4. The highest BCUT2D eigenvalue weighted by Gasteiger charge is 2.48. The van der Waals surface area contributed by atoms with Gasteiger partial charge in [-0.15, -0.1) is 0 Å². The lowest BCUT2D eigenvalue weighted by molar-refractivity contribution is -0.142. The van der Waals surface area contributed by atoms with Crippen molar-refractivity contribution < 1.29 is 38.1 Å². The molecule has 0 spiro atoms. The third-order valence-corrected chi connectivity index (χ3v) is 14.5. The Balaban J connectivity index is 0.899. The molecule has 10 rings (SSSR count). The Labute approximate surface area is 371 Å². The van der Waals surface area contributed by atoms with Crippen LogP contribution >= 0.6 is 0 Å². The van der Waals surface area contributed by atoms with E-state index in [2.05, 4.69) is 63.9 Å². The van der Waals surface area contributed by atoms with E-state index in [1.165, 1.54) is 14.2 Å². The molecule has 16 heteroatoms. The quantitative estimate of drug-likeness (QED) is 0.128. The van der Waals surface area contributed by atoms with Gasteiger partial charge in [-0.25, -0.2) is 19.6 Å². The predicted molar refractivity (Wildman–Crippen MR) is 237 cm³/mol. The van der Waals surface area contributed by atoms with Gasteiger partial charge in [0.15, 0.2) is 0 Å². The molecule has 10 atom stereocenters. The Morgan fingerprint density at radius 3 is 2.42 bits per heavy atom. The monoisotopic (exact) mass is 872 g/mol. The molecule has 336 valence electrons. The van der Waals surface area contributed by atoms with Gasteiger partial charge in [0.05, 0.1) is 61.4 Å². The van der Waals surface area contributed by atoms with E-state index in [-0.39, 0.29) is 60.0 Å². The lowest BCUT2D eigenvalue weighted by atomic mass is 9.85. The first kappa shape index (κ1) is 41.8. The number of benzene rings is 3. The molecule has 3 aromatic carbocycles. The van der Waals surface area contributed by atoms with Gasteiger partial charge in [-0.05, 0) is 124 Å². The van der Waals surface area contributed by atoms with Crippen molar-refractivity contribution in [1.82, 2.24) is 40.4 Å². The molecule has 5 aliphatic heterocycles. The van der Waals surface area contributed by atoms with E-state index in [9.17, 15) is 19.2 Å². The van der Waals surface area contributed by atoms with Crippen molar-refractivity contribution in [2.75, 3.05) is 14.2 Å². The molecule has 7 heterocycles. The first-order chi connectivity index (χ1) is 30.9. The minimum atomic E-state index is -0.752. The Morgan fingerprint density at radius 1 is 0.859 bits per heavy atom. The minimum Gasteiger partial charge on any atom is -0.488 e. The fourth-order valence-electron chi connectivity index (χ4n) is 11.4. The maximum Gasteiger partial charge on any atom is 0.407 e. The number of carbonyl (C=O) groups excluding carboxylic acids is 4. The summed E-state index contributed by atoms with van der Waals surface area (Å²) < 4.78 is 22.2. The number of alkyl carbamates (subject to hydrolysis) is 2. The molecule has 5 aliphatic rings. The number of aromatic amines is 2. The van der Waals surface area contributed by atoms with Gasteiger partial charge in [-0.3, -0.25) is 9.59 Å². The van der Waals surface area contributed by atoms with Gasteiger partial charge in [0.2, 0.25) is 11.8 Å². The number of nitrogens with one attached hydrogen (secondary N) is 4. The van der Waals surface area contributed by atoms with Crippen molar-refractivity contribution in [2.45, 2.75) is 128 Å². The molecule has 4 fully saturated rings. The van der Waals surface area contributed by atoms with E-state index in [1.54, 1.807) is 0 Å². The van der Waals surface area contributed by atoms with Crippen molar-refractivity contribution >= 4 is 45.8 Å². The number of ether oxygens (including phenoxy) is 4. The van der Waals surface area contributed by atoms with Gasteiger partial charge < -0.3 is 49.3 Å². The number of aromatic nitrogens is 4. The van der Waals surface area contributed by atoms with Crippen molar-refractivity contribution in [1.29, 1.82) is 0 Å². The van der Waals surface area contributed by atoms with Crippen LogP contribution in [0.3, 0.4) is 0 Å². The van der Waals surface area contributed by atoms with Crippen LogP contribution in [-0.2, 0) is 30.4 Å². The van der Waals surface area contributed by atoms with Crippen LogP contribution in [0.4, 0.5) is 9.59 Å². The summed E-state index contributed by atoms with van der Waals surface area (Å²) in [5, 5.41) is 7.61. The second kappa shape index (κ2) is 16.4. The van der Waals surface area contributed by atoms with Crippen LogP contribution in [0, 0.1) is 11.8 Å². The highest BCUT2D eigenvalue weighted by atomic mass is 16.5. The smallest absolute Gasteiger partial charge is 0.407 e. The molecule has 2 unspecified atom stereocenters. The van der Waals surface area contributed by atoms with E-state index in [0.717, 1.165) is 93.4 Å². The number of amides is 4. The number of methoxy groups -OCH3 is 2. The first-order valence-corrected chi connectivity index (χ1v) is 22.7. The normalized spacial score (nSPS) is 28.0. The van der Waals surface area contributed by atoms with Crippen molar-refractivity contribution in [3.63, 3.8) is 0 Å². The largest absolute Gasteiger partial charge is 0.488 e. The van der Waals surface area contributed by atoms with Gasteiger partial charge in [0.25, 0.3) is 0 Å². The van der Waals surface area contributed by atoms with Crippen molar-refractivity contribution in [2.24, 2.45) is 11.8 Å². The average molecular weight is 873 g/mol. The molecule has 5 aromatic rings. The summed E-state index contributed by atoms with van der Waals surface area (Å²) >= 11 is 0. The molecule has 0 bridgehead atoms. The third-order valence-electron chi connectivity index (χ3n) is 14.5. The minimum absolute atomic E-state index is 0.00351. The summed E-state index contributed by atoms with van der Waals surface area (Å²) in [4.78, 5) is 73.8. The van der Waals surface area contributed by atoms with Gasteiger partial charge in [0, 0.05) is 23.0 Å². The Kier molecular flexibility index (Phi) is 10.7. The lowest BCUT2D eigenvalue weighted by Gasteiger charge is -2.41. The summed E-state index contributed by atoms with van der Waals surface area (Å²) in [6.07, 6.45) is 5.86. The molecule has 4 N–H and O–H groups in total. The Hall–Kier alpha value is -6.16. The molecule has 4 saturated heterocycles. The number of imidazole rings is 2. The molecule has 4 amide bonds. The van der Waals surface area contributed by atoms with Crippen LogP contribution in [-0.4, -0.2) is 104 Å². The zero-order chi connectivity index (χ0) is 44.6. The standard InChI is InChI=1S/C48H56N8O8/c1-23-15-31-10-14-37(56(31)45(57)40(23)53-47(59)61-5)43-49-21-36(51-43)28-8-11-32-30(18-28)22-63-39-20-33-27(19-34(32)39)9-12-35-42(33)52-44(50-35)38-13-7-24(2)55(38)46(58)41(54-48(60)62-6)29-16-25(3)64-26(4)17-29/h8-9,11-12,18-21,23-26,29,31,37-38,40-41H,7,10,13-17,22H2,1-6H3,(H,49,51)(H,50,52)(H,53,59)(H,54,60)/t23?,24-,25-,26+,29?,31+,37-,38-,40-,41+/m0/s1. The van der Waals surface area contributed by atoms with E-state index >= 15 is 0 Å². The number of likely N-dealkylation sites (tertiary alicyclic amines) is 1. The van der Waals surface area contributed by atoms with Crippen molar-refractivity contribution in [3.05, 3.63) is 65.9 Å². The van der Waals surface area contributed by atoms with Crippen LogP contribution < -0.4 is 15.4 Å². The zero-order valence-corrected chi connectivity index (χ0v) is 37.1. The number of carbonyl (C=O) groups is 4. The predicted octanol–water partition coefficient (Wildman–Crippen LogP) is 7.44. The fourth-order valence-corrected chi connectivity index (χ4v) is 11.4. The van der Waals surface area contributed by atoms with E-state index in [1.807, 2.05) is 42.8 Å². The van der Waals surface area contributed by atoms with E-state index in [0.29, 0.717) is 25.3 Å². The number of rotatable bonds is 7. The summed E-state index contributed by atoms with van der Waals surface area (Å²) in [5.74, 6) is 1.89. The first-order valence-electron chi connectivity index (χ1n) is 22.7. The maximum atomic E-state index is 14.6. The number of fused-ring (bicyclic) bond motifs is 7. The highest BCUT2D eigenvalue weighted by molar-refractivity contribution is 6.07. The van der Waals surface area contributed by atoms with Crippen LogP contribution in [0.25, 0.3) is 44.2 Å². The molecule has 0 radical (unpaired) electrons. The zero-order valence-electron chi connectivity index (χ0n) is 37.1. The molecule has 0 saturated carbocycles. The second-order valence-corrected chi connectivity index (χ2v) is 18.6. The summed E-state index contributed by atoms with van der Waals surface area (Å²) in [6, 6.07) is 12.9. The Morgan fingerprint density at radius 2 is 1.64 bits per heavy atom. The van der Waals surface area contributed by atoms with Crippen LogP contribution in [0.15, 0.2) is 48.7 Å². The molecular formula is C48H56N8O8. The highest BCUT2D eigenvalue weighted by Crippen LogP contribution is 2.45. The SMILES string of the molecule is COC(=O)N[C@@H]1C(=O)N2[C@H](CC[C@H]2c2ncc(-c3ccc4c(c3)COc3cc5c(ccc6[nH]c([C@@H]7CC[C@H](C)N7C(=O)[C@H](NC(=O)OC)C7C[C@@H](C)O[C@@H](C)C7)nc65)cc3-4)[nH]2)CC1C. The van der Waals surface area contributed by atoms with Gasteiger partial charge >= 0.3 is 12.2 Å². The molecule has 64 heavy (non-hydrogen) atoms. The molecule has 2 aromatic heterocycles. The third kappa shape index (κ3) is 7.28. The summed E-state index contributed by atoms with van der Waals surface area (Å²) in [7, 11) is 2.62. The van der Waals surface area contributed by atoms with E-state index in [4.69, 9.17) is 28.9 Å². The van der Waals surface area contributed by atoms with Gasteiger partial charge in [-0.2, -0.15) is 0 Å². The van der Waals surface area contributed by atoms with Crippen LogP contribution in [0.1, 0.15) is 102 Å². The number of nitrogens with zero attached hydrogens (tertiary/aromatic N) is 4. The Bertz CT molecular complexity index is 2650. The van der Waals surface area contributed by atoms with E-state index < -0.39 is 24.3 Å². The van der Waals surface area contributed by atoms with Crippen LogP contribution in [0.5, 0.6) is 5.75 Å². The van der Waals surface area contributed by atoms with Crippen molar-refractivity contribution in [3.8, 4) is 28.1 Å². The lowest BCUT2D eigenvalue weighted by Crippen LogP contribution is -2.58. The molecule has 0 aliphatic carbocycles. The van der Waals surface area contributed by atoms with Gasteiger partial charge in [0.1, 0.15) is 36.1 Å². The number of piperidine rings is 1. The topological polar surface area (TPSA) is 193 Å². The average Bonchev–Trinajstić information content (AvgIpc) is 4.11. The van der Waals surface area contributed by atoms with Gasteiger partial charge in [-0.1, -0.05) is 25.1 Å². The number of H-pyrrole nitrogens is 2. The summed E-state index contributed by atoms with van der Waals surface area (Å²) in [5.41, 5.74) is 6.62. The molecule has 16 nitrogen and oxygen atoms in total. The maximum absolute atomic E-state index is 14.6. The number of hydrogen-bond acceptors (Lipinski definition) is 10. The van der Waals surface area contributed by atoms with Crippen LogP contribution in [0.2, 0.25) is 0 Å². The summed E-state index contributed by atoms with van der Waals surface area (Å²) in [6.45, 7) is 8.46. The fraction of sp³-hybridized carbons (Fsp3) is 0.500. The second-order valence-electron chi connectivity index (χ2n) is 18.6. The molecular weight excluding hydrogens is 817 g/mol.